The normalized spacial score (nSPS) is 17.6. The average Bonchev–Trinajstić information content (AvgIpc) is 3.46. The summed E-state index contributed by atoms with van der Waals surface area (Å²) in [4.78, 5) is 31.2. The molecule has 2 fully saturated rings. The Kier molecular flexibility index (Phi) is 5.59. The lowest BCUT2D eigenvalue weighted by molar-refractivity contribution is -0.131. The van der Waals surface area contributed by atoms with Crippen LogP contribution in [-0.2, 0) is 11.3 Å². The fourth-order valence-electron chi connectivity index (χ4n) is 5.14. The second-order valence-corrected chi connectivity index (χ2v) is 9.24. The van der Waals surface area contributed by atoms with E-state index in [1.807, 2.05) is 51.2 Å². The molecule has 3 heterocycles. The molecule has 2 aliphatic heterocycles. The molecule has 34 heavy (non-hydrogen) atoms. The van der Waals surface area contributed by atoms with Crippen molar-refractivity contribution in [2.24, 2.45) is 0 Å². The van der Waals surface area contributed by atoms with Crippen molar-refractivity contribution in [2.45, 2.75) is 38.8 Å². The molecule has 1 spiro atoms. The number of nitrogens with one attached hydrogen (secondary N) is 1. The van der Waals surface area contributed by atoms with E-state index in [1.165, 1.54) is 6.07 Å². The van der Waals surface area contributed by atoms with E-state index in [2.05, 4.69) is 10.2 Å². The summed E-state index contributed by atoms with van der Waals surface area (Å²) >= 11 is 0. The molecule has 7 nitrogen and oxygen atoms in total. The Hall–Kier alpha value is -3.68. The first-order valence-electron chi connectivity index (χ1n) is 11.6. The molecule has 8 heteroatoms. The van der Waals surface area contributed by atoms with Crippen molar-refractivity contribution in [2.75, 3.05) is 24.5 Å². The molecule has 2 aromatic carbocycles. The van der Waals surface area contributed by atoms with Crippen LogP contribution in [0.3, 0.4) is 0 Å². The van der Waals surface area contributed by atoms with Crippen LogP contribution in [0, 0.1) is 12.7 Å². The largest absolute Gasteiger partial charge is 0.343 e. The van der Waals surface area contributed by atoms with E-state index >= 15 is 0 Å². The summed E-state index contributed by atoms with van der Waals surface area (Å²) < 4.78 is 14.3. The van der Waals surface area contributed by atoms with E-state index in [0.29, 0.717) is 44.6 Å². The molecule has 0 unspecified atom stereocenters. The highest BCUT2D eigenvalue weighted by Gasteiger charge is 2.51. The van der Waals surface area contributed by atoms with Gasteiger partial charge in [-0.05, 0) is 54.7 Å². The number of rotatable bonds is 4. The molecular formula is C26H28FN5O2. The van der Waals surface area contributed by atoms with Gasteiger partial charge in [-0.15, -0.1) is 0 Å². The lowest BCUT2D eigenvalue weighted by Gasteiger charge is -2.43. The average molecular weight is 462 g/mol. The Bertz CT molecular complexity index is 1200. The zero-order valence-corrected chi connectivity index (χ0v) is 19.4. The van der Waals surface area contributed by atoms with Crippen LogP contribution in [-0.4, -0.2) is 57.1 Å². The first kappa shape index (κ1) is 22.1. The van der Waals surface area contributed by atoms with Gasteiger partial charge in [0.25, 0.3) is 0 Å². The van der Waals surface area contributed by atoms with Crippen molar-refractivity contribution in [1.29, 1.82) is 0 Å². The number of carbonyl (C=O) groups excluding carboxylic acids is 2. The van der Waals surface area contributed by atoms with Crippen LogP contribution in [0.4, 0.5) is 14.9 Å². The number of nitrogens with zero attached hydrogens (tertiary/aromatic N) is 4. The lowest BCUT2D eigenvalue weighted by atomic mass is 9.86. The molecule has 0 atom stereocenters. The minimum absolute atomic E-state index is 0.0541. The number of halogens is 1. The Morgan fingerprint density at radius 2 is 1.85 bits per heavy atom. The van der Waals surface area contributed by atoms with Crippen LogP contribution in [0.15, 0.2) is 54.9 Å². The topological polar surface area (TPSA) is 72.5 Å². The van der Waals surface area contributed by atoms with Gasteiger partial charge >= 0.3 is 6.03 Å². The van der Waals surface area contributed by atoms with Crippen molar-refractivity contribution in [1.82, 2.24) is 20.0 Å². The van der Waals surface area contributed by atoms with Gasteiger partial charge in [0.05, 0.1) is 18.3 Å². The van der Waals surface area contributed by atoms with Crippen LogP contribution in [0.1, 0.15) is 30.9 Å². The molecule has 2 aliphatic rings. The van der Waals surface area contributed by atoms with E-state index in [0.717, 1.165) is 22.4 Å². The number of anilines is 1. The maximum absolute atomic E-state index is 14.3. The van der Waals surface area contributed by atoms with Gasteiger partial charge < -0.3 is 9.80 Å². The van der Waals surface area contributed by atoms with Crippen molar-refractivity contribution in [3.05, 3.63) is 71.8 Å². The fourth-order valence-corrected chi connectivity index (χ4v) is 5.14. The fraction of sp³-hybridized carbons (Fsp3) is 0.346. The Morgan fingerprint density at radius 1 is 1.12 bits per heavy atom. The van der Waals surface area contributed by atoms with Crippen LogP contribution in [0.5, 0.6) is 0 Å². The quantitative estimate of drug-likeness (QED) is 0.628. The van der Waals surface area contributed by atoms with Crippen LogP contribution in [0.25, 0.3) is 11.1 Å². The number of hydrogen-bond acceptors (Lipinski definition) is 3. The van der Waals surface area contributed by atoms with Crippen LogP contribution >= 0.6 is 0 Å². The number of urea groups is 1. The monoisotopic (exact) mass is 461 g/mol. The van der Waals surface area contributed by atoms with E-state index < -0.39 is 5.54 Å². The Labute approximate surface area is 198 Å². The van der Waals surface area contributed by atoms with Gasteiger partial charge in [-0.25, -0.2) is 9.18 Å². The van der Waals surface area contributed by atoms with Crippen molar-refractivity contribution in [3.63, 3.8) is 0 Å². The third-order valence-corrected chi connectivity index (χ3v) is 7.35. The first-order valence-corrected chi connectivity index (χ1v) is 11.6. The highest BCUT2D eigenvalue weighted by atomic mass is 19.1. The number of amides is 3. The maximum atomic E-state index is 14.3. The number of piperidine rings is 1. The van der Waals surface area contributed by atoms with Gasteiger partial charge in [0.1, 0.15) is 5.82 Å². The lowest BCUT2D eigenvalue weighted by Crippen LogP contribution is -2.54. The molecule has 3 amide bonds. The number of hydrogen-bond donors (Lipinski definition) is 1. The second-order valence-electron chi connectivity index (χ2n) is 9.24. The SMILES string of the molecule is CC(=O)N1CCC2(CC1)CN(c1ccc(-c3cn[nH]c3)cc1)C(=O)N2Cc1cccc(F)c1C. The zero-order chi connectivity index (χ0) is 23.9. The summed E-state index contributed by atoms with van der Waals surface area (Å²) in [6.45, 7) is 5.42. The van der Waals surface area contributed by atoms with E-state index in [9.17, 15) is 14.0 Å². The minimum Gasteiger partial charge on any atom is -0.343 e. The highest BCUT2D eigenvalue weighted by molar-refractivity contribution is 5.95. The molecule has 0 bridgehead atoms. The van der Waals surface area contributed by atoms with Gasteiger partial charge in [0.15, 0.2) is 0 Å². The molecule has 0 aliphatic carbocycles. The zero-order valence-electron chi connectivity index (χ0n) is 19.4. The van der Waals surface area contributed by atoms with E-state index in [1.54, 1.807) is 26.1 Å². The Balaban J connectivity index is 1.46. The van der Waals surface area contributed by atoms with Gasteiger partial charge in [0.2, 0.25) is 5.91 Å². The first-order chi connectivity index (χ1) is 16.4. The molecule has 0 saturated carbocycles. The van der Waals surface area contributed by atoms with Gasteiger partial charge in [-0.2, -0.15) is 5.10 Å². The smallest absolute Gasteiger partial charge is 0.325 e. The van der Waals surface area contributed by atoms with Crippen LogP contribution in [0.2, 0.25) is 0 Å². The Morgan fingerprint density at radius 3 is 2.50 bits per heavy atom. The second kappa shape index (κ2) is 8.59. The van der Waals surface area contributed by atoms with Gasteiger partial charge in [-0.3, -0.25) is 14.8 Å². The third kappa shape index (κ3) is 3.83. The van der Waals surface area contributed by atoms with Crippen LogP contribution < -0.4 is 4.90 Å². The van der Waals surface area contributed by atoms with Crippen molar-refractivity contribution >= 4 is 17.6 Å². The molecule has 3 aromatic rings. The molecule has 1 aromatic heterocycles. The number of aromatic nitrogens is 2. The molecule has 1 N–H and O–H groups in total. The predicted molar refractivity (Wildman–Crippen MR) is 128 cm³/mol. The summed E-state index contributed by atoms with van der Waals surface area (Å²) in [5, 5.41) is 6.82. The summed E-state index contributed by atoms with van der Waals surface area (Å²) in [6, 6.07) is 12.8. The number of carbonyl (C=O) groups is 2. The minimum atomic E-state index is -0.412. The highest BCUT2D eigenvalue weighted by Crippen LogP contribution is 2.40. The third-order valence-electron chi connectivity index (χ3n) is 7.35. The summed E-state index contributed by atoms with van der Waals surface area (Å²) in [5.74, 6) is -0.213. The van der Waals surface area contributed by atoms with E-state index in [4.69, 9.17) is 0 Å². The molecular weight excluding hydrogens is 433 g/mol. The van der Waals surface area contributed by atoms with Gasteiger partial charge in [0, 0.05) is 44.0 Å². The summed E-state index contributed by atoms with van der Waals surface area (Å²) in [7, 11) is 0. The predicted octanol–water partition coefficient (Wildman–Crippen LogP) is 4.35. The molecule has 176 valence electrons. The molecule has 0 radical (unpaired) electrons. The standard InChI is InChI=1S/C26H28FN5O2/c1-18-21(4-3-5-24(18)27)16-32-25(34)31(17-26(32)10-12-30(13-11-26)19(2)33)23-8-6-20(7-9-23)22-14-28-29-15-22/h3-9,14-15H,10-13,16-17H2,1-2H3,(H,28,29). The number of H-pyrrole nitrogens is 1. The number of benzene rings is 2. The van der Waals surface area contributed by atoms with E-state index in [-0.39, 0.29) is 17.8 Å². The molecule has 5 rings (SSSR count). The number of aromatic amines is 1. The summed E-state index contributed by atoms with van der Waals surface area (Å²) in [6.07, 6.45) is 4.97. The summed E-state index contributed by atoms with van der Waals surface area (Å²) in [5.41, 5.74) is 3.78. The van der Waals surface area contributed by atoms with Crippen molar-refractivity contribution < 1.29 is 14.0 Å². The van der Waals surface area contributed by atoms with Gasteiger partial charge in [-0.1, -0.05) is 24.3 Å². The molecule has 2 saturated heterocycles. The number of likely N-dealkylation sites (tertiary alicyclic amines) is 1. The maximum Gasteiger partial charge on any atom is 0.325 e. The van der Waals surface area contributed by atoms with Crippen molar-refractivity contribution in [3.8, 4) is 11.1 Å².